The van der Waals surface area contributed by atoms with Gasteiger partial charge >= 0.3 is 0 Å². The quantitative estimate of drug-likeness (QED) is 0.421. The Morgan fingerprint density at radius 2 is 2.03 bits per heavy atom. The second-order valence-electron chi connectivity index (χ2n) is 10.1. The minimum atomic E-state index is -0.244. The Morgan fingerprint density at radius 3 is 2.80 bits per heavy atom. The first-order valence-electron chi connectivity index (χ1n) is 12.7. The number of aryl methyl sites for hydroxylation is 2. The van der Waals surface area contributed by atoms with E-state index in [9.17, 15) is 4.79 Å². The molecule has 2 aliphatic carbocycles. The molecule has 1 N–H and O–H groups in total. The number of carbonyl (C=O) groups is 1. The lowest BCUT2D eigenvalue weighted by Crippen LogP contribution is -2.23. The number of hydrogen-bond donors (Lipinski definition) is 1. The highest BCUT2D eigenvalue weighted by molar-refractivity contribution is 5.91. The molecule has 0 atom stereocenters. The van der Waals surface area contributed by atoms with E-state index >= 15 is 0 Å². The maximum absolute atomic E-state index is 12.3. The van der Waals surface area contributed by atoms with Gasteiger partial charge in [0.2, 0.25) is 0 Å². The number of nitrogens with one attached hydrogen (secondary N) is 1. The van der Waals surface area contributed by atoms with Crippen molar-refractivity contribution in [1.29, 1.82) is 0 Å². The topological polar surface area (TPSA) is 98.5 Å². The third kappa shape index (κ3) is 5.81. The second-order valence-corrected chi connectivity index (χ2v) is 10.1. The fourth-order valence-electron chi connectivity index (χ4n) is 4.76. The molecule has 3 aromatic heterocycles. The zero-order chi connectivity index (χ0) is 24.2. The highest BCUT2D eigenvalue weighted by Gasteiger charge is 2.34. The van der Waals surface area contributed by atoms with Gasteiger partial charge in [-0.2, -0.15) is 10.2 Å². The van der Waals surface area contributed by atoms with Crippen LogP contribution < -0.4 is 5.32 Å². The zero-order valence-corrected chi connectivity index (χ0v) is 20.6. The Hall–Kier alpha value is -3.42. The Kier molecular flexibility index (Phi) is 6.97. The summed E-state index contributed by atoms with van der Waals surface area (Å²) >= 11 is 0. The van der Waals surface area contributed by atoms with Gasteiger partial charge in [-0.15, -0.1) is 5.10 Å². The first-order valence-corrected chi connectivity index (χ1v) is 12.7. The summed E-state index contributed by atoms with van der Waals surface area (Å²) in [4.78, 5) is 16.5. The molecule has 0 aliphatic heterocycles. The molecule has 2 aliphatic rings. The molecule has 8 nitrogen and oxygen atoms in total. The zero-order valence-electron chi connectivity index (χ0n) is 20.6. The van der Waals surface area contributed by atoms with Gasteiger partial charge in [-0.25, -0.2) is 0 Å². The number of pyridine rings is 1. The number of fused-ring (bicyclic) bond motifs is 1. The van der Waals surface area contributed by atoms with Gasteiger partial charge in [0.1, 0.15) is 0 Å². The molecule has 1 saturated carbocycles. The molecule has 35 heavy (non-hydrogen) atoms. The average molecular weight is 472 g/mol. The monoisotopic (exact) mass is 471 g/mol. The molecule has 0 saturated heterocycles. The van der Waals surface area contributed by atoms with E-state index in [1.807, 2.05) is 18.2 Å². The average Bonchev–Trinajstić information content (AvgIpc) is 3.50. The lowest BCUT2D eigenvalue weighted by molar-refractivity contribution is 0.0945. The van der Waals surface area contributed by atoms with E-state index in [0.29, 0.717) is 24.7 Å². The minimum absolute atomic E-state index is 0.244. The summed E-state index contributed by atoms with van der Waals surface area (Å²) in [6.45, 7) is 5.67. The molecule has 0 bridgehead atoms. The molecular formula is C27H33N7O. The predicted octanol–water partition coefficient (Wildman–Crippen LogP) is 4.18. The van der Waals surface area contributed by atoms with Crippen LogP contribution >= 0.6 is 0 Å². The van der Waals surface area contributed by atoms with Crippen LogP contribution in [0.25, 0.3) is 5.57 Å². The van der Waals surface area contributed by atoms with Crippen molar-refractivity contribution < 1.29 is 4.79 Å². The van der Waals surface area contributed by atoms with Crippen LogP contribution in [0, 0.1) is 11.8 Å². The minimum Gasteiger partial charge on any atom is -0.345 e. The molecule has 3 heterocycles. The highest BCUT2D eigenvalue weighted by Crippen LogP contribution is 2.47. The number of allylic oxidation sites excluding steroid dienone is 2. The van der Waals surface area contributed by atoms with Gasteiger partial charge in [0.15, 0.2) is 5.69 Å². The molecule has 3 aromatic rings. The van der Waals surface area contributed by atoms with Gasteiger partial charge in [-0.1, -0.05) is 30.7 Å². The van der Waals surface area contributed by atoms with Crippen molar-refractivity contribution in [3.05, 3.63) is 70.6 Å². The van der Waals surface area contributed by atoms with Crippen LogP contribution in [0.4, 0.5) is 0 Å². The van der Waals surface area contributed by atoms with E-state index < -0.39 is 0 Å². The Labute approximate surface area is 206 Å². The van der Waals surface area contributed by atoms with Crippen molar-refractivity contribution in [2.75, 3.05) is 0 Å². The highest BCUT2D eigenvalue weighted by atomic mass is 16.2. The molecule has 1 fully saturated rings. The normalized spacial score (nSPS) is 15.1. The van der Waals surface area contributed by atoms with Crippen LogP contribution in [0.3, 0.4) is 0 Å². The van der Waals surface area contributed by atoms with Gasteiger partial charge in [-0.05, 0) is 74.1 Å². The molecule has 0 aromatic carbocycles. The molecule has 0 radical (unpaired) electrons. The van der Waals surface area contributed by atoms with Crippen molar-refractivity contribution in [3.63, 3.8) is 0 Å². The second kappa shape index (κ2) is 10.5. The molecule has 182 valence electrons. The number of rotatable bonds is 11. The molecule has 0 unspecified atom stereocenters. The van der Waals surface area contributed by atoms with E-state index in [2.05, 4.69) is 50.7 Å². The summed E-state index contributed by atoms with van der Waals surface area (Å²) in [5, 5.41) is 20.1. The van der Waals surface area contributed by atoms with Crippen molar-refractivity contribution in [2.45, 2.75) is 71.9 Å². The Morgan fingerprint density at radius 1 is 1.14 bits per heavy atom. The van der Waals surface area contributed by atoms with E-state index in [1.165, 1.54) is 24.1 Å². The maximum atomic E-state index is 12.3. The van der Waals surface area contributed by atoms with E-state index in [-0.39, 0.29) is 5.91 Å². The van der Waals surface area contributed by atoms with E-state index in [1.54, 1.807) is 28.2 Å². The Balaban J connectivity index is 1.11. The summed E-state index contributed by atoms with van der Waals surface area (Å²) in [7, 11) is 0. The van der Waals surface area contributed by atoms with Crippen molar-refractivity contribution in [1.82, 2.24) is 35.5 Å². The number of amides is 1. The van der Waals surface area contributed by atoms with Crippen molar-refractivity contribution in [2.24, 2.45) is 11.8 Å². The molecule has 8 heteroatoms. The van der Waals surface area contributed by atoms with Crippen LogP contribution in [0.1, 0.15) is 79.1 Å². The third-order valence-electron chi connectivity index (χ3n) is 6.67. The van der Waals surface area contributed by atoms with Gasteiger partial charge < -0.3 is 5.32 Å². The van der Waals surface area contributed by atoms with Crippen LogP contribution in [0.15, 0.2) is 42.2 Å². The lowest BCUT2D eigenvalue weighted by Gasteiger charge is -2.11. The summed E-state index contributed by atoms with van der Waals surface area (Å²) in [6, 6.07) is 7.90. The maximum Gasteiger partial charge on any atom is 0.273 e. The number of nitrogens with zero attached hydrogens (tertiary/aromatic N) is 6. The Bertz CT molecular complexity index is 1210. The van der Waals surface area contributed by atoms with E-state index in [0.717, 1.165) is 49.4 Å². The summed E-state index contributed by atoms with van der Waals surface area (Å²) in [5.41, 5.74) is 7.89. The lowest BCUT2D eigenvalue weighted by atomic mass is 9.94. The molecule has 0 spiro atoms. The van der Waals surface area contributed by atoms with Crippen LogP contribution in [0.2, 0.25) is 0 Å². The third-order valence-corrected chi connectivity index (χ3v) is 6.67. The SMILES string of the molecule is CC(C)CC1=C(C2CC2)Cc2nnc(CCCCn3cc(C(=O)NCc4ccccn4)nn3)cc21. The van der Waals surface area contributed by atoms with Gasteiger partial charge in [0.05, 0.1) is 29.8 Å². The number of hydrogen-bond acceptors (Lipinski definition) is 6. The predicted molar refractivity (Wildman–Crippen MR) is 133 cm³/mol. The van der Waals surface area contributed by atoms with Gasteiger partial charge in [0.25, 0.3) is 5.91 Å². The fraction of sp³-hybridized carbons (Fsp3) is 0.481. The van der Waals surface area contributed by atoms with Gasteiger partial charge in [0, 0.05) is 24.7 Å². The number of aromatic nitrogens is 6. The number of unbranched alkanes of at least 4 members (excludes halogenated alkanes) is 1. The van der Waals surface area contributed by atoms with Gasteiger partial charge in [-0.3, -0.25) is 14.5 Å². The van der Waals surface area contributed by atoms with Crippen LogP contribution in [0.5, 0.6) is 0 Å². The van der Waals surface area contributed by atoms with Crippen molar-refractivity contribution in [3.8, 4) is 0 Å². The summed E-state index contributed by atoms with van der Waals surface area (Å²) in [6.07, 6.45) is 11.0. The van der Waals surface area contributed by atoms with Crippen LogP contribution in [-0.2, 0) is 25.9 Å². The summed E-state index contributed by atoms with van der Waals surface area (Å²) < 4.78 is 1.73. The smallest absolute Gasteiger partial charge is 0.273 e. The standard InChI is InChI=1S/C27H33N7O/c1-18(2)13-23-22(19-9-10-19)15-25-24(23)14-20(30-31-25)7-4-6-12-34-17-26(32-33-34)27(35)29-16-21-8-3-5-11-28-21/h3,5,8,11,14,17-19H,4,6-7,9-10,12-13,15-16H2,1-2H3,(H,29,35). The molecule has 5 rings (SSSR count). The first-order chi connectivity index (χ1) is 17.1. The summed E-state index contributed by atoms with van der Waals surface area (Å²) in [5.74, 6) is 1.18. The number of carbonyl (C=O) groups excluding carboxylic acids is 1. The van der Waals surface area contributed by atoms with Crippen LogP contribution in [-0.4, -0.2) is 36.1 Å². The largest absolute Gasteiger partial charge is 0.345 e. The molecular weight excluding hydrogens is 438 g/mol. The fourth-order valence-corrected chi connectivity index (χ4v) is 4.76. The first kappa shape index (κ1) is 23.3. The van der Waals surface area contributed by atoms with Crippen molar-refractivity contribution >= 4 is 11.5 Å². The molecule has 1 amide bonds. The van der Waals surface area contributed by atoms with E-state index in [4.69, 9.17) is 0 Å².